The number of carbonyl (C=O) groups excluding carboxylic acids is 1. The van der Waals surface area contributed by atoms with Crippen molar-refractivity contribution >= 4 is 49.8 Å². The van der Waals surface area contributed by atoms with Crippen molar-refractivity contribution in [1.29, 1.82) is 5.41 Å². The van der Waals surface area contributed by atoms with Crippen LogP contribution in [0.15, 0.2) is 26.8 Å². The van der Waals surface area contributed by atoms with Gasteiger partial charge < -0.3 is 9.64 Å². The van der Waals surface area contributed by atoms with Gasteiger partial charge in [-0.3, -0.25) is 15.5 Å². The Morgan fingerprint density at radius 1 is 1.33 bits per heavy atom. The highest BCUT2D eigenvalue weighted by Gasteiger charge is 2.27. The monoisotopic (exact) mass is 415 g/mol. The third kappa shape index (κ3) is 3.47. The minimum absolute atomic E-state index is 0.0639. The van der Waals surface area contributed by atoms with Crippen LogP contribution in [-0.2, 0) is 4.79 Å². The number of ether oxygens (including phenoxy) is 1. The van der Waals surface area contributed by atoms with Crippen molar-refractivity contribution in [3.63, 3.8) is 0 Å². The topological polar surface area (TPSA) is 65.4 Å². The standard InChI is InChI=1S/C14H15Br2N3O2/c1-7(2)21-12-9(15)4-8(5-10(12)16)6-11-13(20)18-14(17)19(11)3/h4-7H,1-3H3,(H2,17,18,20)/b11-6-. The fourth-order valence-electron chi connectivity index (χ4n) is 1.86. The summed E-state index contributed by atoms with van der Waals surface area (Å²) < 4.78 is 7.32. The summed E-state index contributed by atoms with van der Waals surface area (Å²) in [7, 11) is 1.67. The van der Waals surface area contributed by atoms with Crippen LogP contribution in [0.1, 0.15) is 19.4 Å². The van der Waals surface area contributed by atoms with Gasteiger partial charge in [-0.2, -0.15) is 0 Å². The predicted molar refractivity (Wildman–Crippen MR) is 89.2 cm³/mol. The van der Waals surface area contributed by atoms with Crippen LogP contribution in [0.5, 0.6) is 5.75 Å². The van der Waals surface area contributed by atoms with Crippen LogP contribution in [0.3, 0.4) is 0 Å². The largest absolute Gasteiger partial charge is 0.489 e. The molecule has 1 heterocycles. The number of likely N-dealkylation sites (N-methyl/N-ethyl adjacent to an activating group) is 1. The first kappa shape index (κ1) is 16.0. The van der Waals surface area contributed by atoms with E-state index in [-0.39, 0.29) is 18.0 Å². The number of guanidine groups is 1. The first-order chi connectivity index (χ1) is 9.79. The maximum atomic E-state index is 11.8. The van der Waals surface area contributed by atoms with Crippen LogP contribution in [0.25, 0.3) is 6.08 Å². The molecule has 21 heavy (non-hydrogen) atoms. The Morgan fingerprint density at radius 2 is 1.90 bits per heavy atom. The zero-order chi connectivity index (χ0) is 15.7. The number of amides is 1. The lowest BCUT2D eigenvalue weighted by Crippen LogP contribution is -2.25. The highest BCUT2D eigenvalue weighted by Crippen LogP contribution is 2.36. The highest BCUT2D eigenvalue weighted by molar-refractivity contribution is 9.11. The summed E-state index contributed by atoms with van der Waals surface area (Å²) >= 11 is 6.95. The first-order valence-corrected chi connectivity index (χ1v) is 7.89. The molecule has 0 unspecified atom stereocenters. The molecule has 0 atom stereocenters. The minimum Gasteiger partial charge on any atom is -0.489 e. The number of nitrogens with one attached hydrogen (secondary N) is 2. The van der Waals surface area contributed by atoms with Crippen molar-refractivity contribution in [3.8, 4) is 5.75 Å². The van der Waals surface area contributed by atoms with Crippen LogP contribution in [0.2, 0.25) is 0 Å². The summed E-state index contributed by atoms with van der Waals surface area (Å²) in [4.78, 5) is 13.3. The number of halogens is 2. The quantitative estimate of drug-likeness (QED) is 0.742. The molecular weight excluding hydrogens is 402 g/mol. The predicted octanol–water partition coefficient (Wildman–Crippen LogP) is 3.34. The van der Waals surface area contributed by atoms with Crippen LogP contribution in [0.4, 0.5) is 0 Å². The second-order valence-electron chi connectivity index (χ2n) is 4.87. The molecule has 2 N–H and O–H groups in total. The Labute approximate surface area is 140 Å². The van der Waals surface area contributed by atoms with Crippen LogP contribution in [0, 0.1) is 5.41 Å². The van der Waals surface area contributed by atoms with Gasteiger partial charge in [-0.05, 0) is 69.5 Å². The molecule has 7 heteroatoms. The fourth-order valence-corrected chi connectivity index (χ4v) is 3.27. The van der Waals surface area contributed by atoms with Gasteiger partial charge in [0.15, 0.2) is 0 Å². The van der Waals surface area contributed by atoms with Gasteiger partial charge in [0, 0.05) is 7.05 Å². The molecule has 1 aliphatic rings. The van der Waals surface area contributed by atoms with Crippen molar-refractivity contribution in [2.75, 3.05) is 7.05 Å². The molecule has 1 aromatic carbocycles. The summed E-state index contributed by atoms with van der Waals surface area (Å²) in [6.07, 6.45) is 1.79. The Kier molecular flexibility index (Phi) is 4.73. The molecule has 0 spiro atoms. The van der Waals surface area contributed by atoms with E-state index in [0.717, 1.165) is 20.3 Å². The lowest BCUT2D eigenvalue weighted by Gasteiger charge is -2.14. The molecule has 1 saturated heterocycles. The van der Waals surface area contributed by atoms with Crippen LogP contribution < -0.4 is 10.1 Å². The van der Waals surface area contributed by atoms with E-state index in [0.29, 0.717) is 5.70 Å². The summed E-state index contributed by atoms with van der Waals surface area (Å²) in [5.74, 6) is 0.519. The van der Waals surface area contributed by atoms with Crippen LogP contribution >= 0.6 is 31.9 Å². The summed E-state index contributed by atoms with van der Waals surface area (Å²) in [6, 6.07) is 3.75. The molecule has 5 nitrogen and oxygen atoms in total. The first-order valence-electron chi connectivity index (χ1n) is 6.30. The average Bonchev–Trinajstić information content (AvgIpc) is 2.60. The molecule has 0 aromatic heterocycles. The molecule has 112 valence electrons. The number of carbonyl (C=O) groups is 1. The smallest absolute Gasteiger partial charge is 0.274 e. The SMILES string of the molecule is CC(C)Oc1c(Br)cc(/C=C2/C(=O)NC(=N)N2C)cc1Br. The van der Waals surface area contributed by atoms with Gasteiger partial charge in [-0.25, -0.2) is 0 Å². The lowest BCUT2D eigenvalue weighted by atomic mass is 10.1. The fraction of sp³-hybridized carbons (Fsp3) is 0.286. The summed E-state index contributed by atoms with van der Waals surface area (Å²) in [6.45, 7) is 3.91. The van der Waals surface area contributed by atoms with Crippen molar-refractivity contribution in [2.24, 2.45) is 0 Å². The summed E-state index contributed by atoms with van der Waals surface area (Å²) in [5.41, 5.74) is 1.26. The maximum absolute atomic E-state index is 11.8. The van der Waals surface area contributed by atoms with E-state index >= 15 is 0 Å². The molecule has 1 aromatic rings. The highest BCUT2D eigenvalue weighted by atomic mass is 79.9. The minimum atomic E-state index is -0.280. The van der Waals surface area contributed by atoms with Gasteiger partial charge in [0.25, 0.3) is 5.91 Å². The van der Waals surface area contributed by atoms with E-state index in [1.54, 1.807) is 13.1 Å². The number of nitrogens with zero attached hydrogens (tertiary/aromatic N) is 1. The van der Waals surface area contributed by atoms with Gasteiger partial charge in [0.2, 0.25) is 5.96 Å². The normalized spacial score (nSPS) is 16.9. The Bertz CT molecular complexity index is 618. The summed E-state index contributed by atoms with van der Waals surface area (Å²) in [5, 5.41) is 10.0. The van der Waals surface area contributed by atoms with E-state index in [4.69, 9.17) is 10.1 Å². The van der Waals surface area contributed by atoms with E-state index in [9.17, 15) is 4.79 Å². The van der Waals surface area contributed by atoms with E-state index < -0.39 is 0 Å². The lowest BCUT2D eigenvalue weighted by molar-refractivity contribution is -0.115. The van der Waals surface area contributed by atoms with Crippen molar-refractivity contribution < 1.29 is 9.53 Å². The zero-order valence-electron chi connectivity index (χ0n) is 11.8. The second kappa shape index (κ2) is 6.19. The second-order valence-corrected chi connectivity index (χ2v) is 6.58. The van der Waals surface area contributed by atoms with E-state index in [1.165, 1.54) is 4.90 Å². The van der Waals surface area contributed by atoms with E-state index in [2.05, 4.69) is 37.2 Å². The zero-order valence-corrected chi connectivity index (χ0v) is 15.0. The Morgan fingerprint density at radius 3 is 2.33 bits per heavy atom. The molecule has 0 bridgehead atoms. The number of hydrogen-bond donors (Lipinski definition) is 2. The Balaban J connectivity index is 2.38. The molecule has 1 aliphatic heterocycles. The Hall–Kier alpha value is -1.34. The van der Waals surface area contributed by atoms with Gasteiger partial charge in [0.05, 0.1) is 15.0 Å². The number of benzene rings is 1. The number of hydrogen-bond acceptors (Lipinski definition) is 3. The number of rotatable bonds is 3. The molecule has 2 rings (SSSR count). The third-order valence-electron chi connectivity index (χ3n) is 2.84. The average molecular weight is 417 g/mol. The third-order valence-corrected chi connectivity index (χ3v) is 4.02. The van der Waals surface area contributed by atoms with E-state index in [1.807, 2.05) is 26.0 Å². The molecule has 0 saturated carbocycles. The molecular formula is C14H15Br2N3O2. The maximum Gasteiger partial charge on any atom is 0.274 e. The van der Waals surface area contributed by atoms with Gasteiger partial charge in [0.1, 0.15) is 11.4 Å². The van der Waals surface area contributed by atoms with Gasteiger partial charge in [-0.15, -0.1) is 0 Å². The molecule has 0 radical (unpaired) electrons. The molecule has 0 aliphatic carbocycles. The van der Waals surface area contributed by atoms with Crippen LogP contribution in [-0.4, -0.2) is 29.9 Å². The molecule has 1 fully saturated rings. The van der Waals surface area contributed by atoms with Crippen molar-refractivity contribution in [3.05, 3.63) is 32.3 Å². The van der Waals surface area contributed by atoms with Crippen molar-refractivity contribution in [2.45, 2.75) is 20.0 Å². The van der Waals surface area contributed by atoms with Gasteiger partial charge in [-0.1, -0.05) is 0 Å². The molecule has 1 amide bonds. The van der Waals surface area contributed by atoms with Crippen molar-refractivity contribution in [1.82, 2.24) is 10.2 Å². The van der Waals surface area contributed by atoms with Gasteiger partial charge >= 0.3 is 0 Å².